The van der Waals surface area contributed by atoms with E-state index in [1.165, 1.54) is 32.3 Å². The number of carbonyl (C=O) groups is 1. The lowest BCUT2D eigenvalue weighted by Crippen LogP contribution is -2.35. The normalized spacial score (nSPS) is 14.9. The Bertz CT molecular complexity index is 1230. The molecule has 1 N–H and O–H groups in total. The van der Waals surface area contributed by atoms with Crippen LogP contribution in [0.15, 0.2) is 24.4 Å². The first-order valence-corrected chi connectivity index (χ1v) is 9.50. The molecule has 1 saturated carbocycles. The second-order valence-corrected chi connectivity index (χ2v) is 7.70. The first-order valence-electron chi connectivity index (χ1n) is 9.12. The van der Waals surface area contributed by atoms with E-state index in [1.54, 1.807) is 6.07 Å². The average molecular weight is 450 g/mol. The maximum atomic E-state index is 13.5. The van der Waals surface area contributed by atoms with Gasteiger partial charge < -0.3 is 5.32 Å². The first-order chi connectivity index (χ1) is 14.5. The Balaban J connectivity index is 1.70. The van der Waals surface area contributed by atoms with Gasteiger partial charge in [0, 0.05) is 12.6 Å². The SMILES string of the molecule is Cc1nn(C)c(-n2cc(-c3ccc(Cl)c(C(=O)NC4(C#N)CC4)c3)nn2)c1C(F)(F)F. The third kappa shape index (κ3) is 3.74. The molecule has 31 heavy (non-hydrogen) atoms. The van der Waals surface area contributed by atoms with E-state index in [0.717, 1.165) is 9.36 Å². The van der Waals surface area contributed by atoms with Gasteiger partial charge in [0.25, 0.3) is 5.91 Å². The highest BCUT2D eigenvalue weighted by Crippen LogP contribution is 2.37. The molecule has 0 saturated heterocycles. The van der Waals surface area contributed by atoms with E-state index in [-0.39, 0.29) is 27.8 Å². The summed E-state index contributed by atoms with van der Waals surface area (Å²) in [5.74, 6) is -0.791. The standard InChI is InChI=1S/C19H15ClF3N7O/c1-10-15(19(21,22)23)17(29(2)27-10)30-8-14(26-28-30)11-3-4-13(20)12(7-11)16(31)25-18(9-24)5-6-18/h3-4,7-8H,5-6H2,1-2H3,(H,25,31). The number of carbonyl (C=O) groups excluding carboxylic acids is 1. The Morgan fingerprint density at radius 1 is 1.35 bits per heavy atom. The lowest BCUT2D eigenvalue weighted by atomic mass is 10.1. The Hall–Kier alpha value is -3.39. The second kappa shape index (κ2) is 7.09. The number of nitriles is 1. The van der Waals surface area contributed by atoms with Crippen molar-refractivity contribution in [3.8, 4) is 23.1 Å². The van der Waals surface area contributed by atoms with Gasteiger partial charge in [0.2, 0.25) is 0 Å². The highest BCUT2D eigenvalue weighted by atomic mass is 35.5. The number of aromatic nitrogens is 5. The number of hydrogen-bond acceptors (Lipinski definition) is 5. The lowest BCUT2D eigenvalue weighted by Gasteiger charge is -2.11. The number of amides is 1. The van der Waals surface area contributed by atoms with Crippen LogP contribution in [0.25, 0.3) is 17.1 Å². The molecule has 1 aliphatic carbocycles. The highest BCUT2D eigenvalue weighted by molar-refractivity contribution is 6.34. The summed E-state index contributed by atoms with van der Waals surface area (Å²) in [4.78, 5) is 12.6. The monoisotopic (exact) mass is 449 g/mol. The van der Waals surface area contributed by atoms with Crippen LogP contribution in [0.1, 0.15) is 34.5 Å². The number of benzene rings is 1. The van der Waals surface area contributed by atoms with Gasteiger partial charge in [-0.15, -0.1) is 5.10 Å². The Morgan fingerprint density at radius 2 is 2.06 bits per heavy atom. The van der Waals surface area contributed by atoms with Crippen molar-refractivity contribution in [2.45, 2.75) is 31.5 Å². The Labute approximate surface area is 179 Å². The van der Waals surface area contributed by atoms with Crippen molar-refractivity contribution in [2.75, 3.05) is 0 Å². The summed E-state index contributed by atoms with van der Waals surface area (Å²) in [6.45, 7) is 1.27. The van der Waals surface area contributed by atoms with Gasteiger partial charge in [-0.3, -0.25) is 9.48 Å². The molecule has 2 aromatic heterocycles. The van der Waals surface area contributed by atoms with Crippen LogP contribution >= 0.6 is 11.6 Å². The van der Waals surface area contributed by atoms with Crippen LogP contribution in [-0.4, -0.2) is 36.2 Å². The van der Waals surface area contributed by atoms with Gasteiger partial charge in [-0.25, -0.2) is 4.68 Å². The van der Waals surface area contributed by atoms with E-state index in [2.05, 4.69) is 26.8 Å². The summed E-state index contributed by atoms with van der Waals surface area (Å²) in [6, 6.07) is 6.57. The molecule has 1 fully saturated rings. The minimum Gasteiger partial charge on any atom is -0.334 e. The van der Waals surface area contributed by atoms with Crippen molar-refractivity contribution >= 4 is 17.5 Å². The number of nitrogens with one attached hydrogen (secondary N) is 1. The number of nitrogens with zero attached hydrogens (tertiary/aromatic N) is 6. The van der Waals surface area contributed by atoms with Crippen LogP contribution in [-0.2, 0) is 13.2 Å². The van der Waals surface area contributed by atoms with E-state index in [0.29, 0.717) is 18.4 Å². The van der Waals surface area contributed by atoms with Crippen molar-refractivity contribution in [3.05, 3.63) is 46.2 Å². The van der Waals surface area contributed by atoms with Crippen LogP contribution < -0.4 is 5.32 Å². The third-order valence-corrected chi connectivity index (χ3v) is 5.34. The molecule has 1 aromatic carbocycles. The largest absolute Gasteiger partial charge is 0.421 e. The summed E-state index contributed by atoms with van der Waals surface area (Å²) in [5.41, 5.74) is -1.17. The van der Waals surface area contributed by atoms with Gasteiger partial charge in [-0.2, -0.15) is 23.5 Å². The maximum Gasteiger partial charge on any atom is 0.421 e. The minimum absolute atomic E-state index is 0.127. The van der Waals surface area contributed by atoms with Crippen LogP contribution in [0.4, 0.5) is 13.2 Å². The van der Waals surface area contributed by atoms with Crippen LogP contribution in [0, 0.1) is 18.3 Å². The number of aryl methyl sites for hydroxylation is 2. The molecule has 0 atom stereocenters. The zero-order chi connectivity index (χ0) is 22.6. The van der Waals surface area contributed by atoms with Gasteiger partial charge in [0.1, 0.15) is 16.8 Å². The molecular formula is C19H15ClF3N7O. The molecule has 1 aliphatic rings. The smallest absolute Gasteiger partial charge is 0.334 e. The number of alkyl halides is 3. The predicted octanol–water partition coefficient (Wildman–Crippen LogP) is 3.43. The number of hydrogen-bond donors (Lipinski definition) is 1. The van der Waals surface area contributed by atoms with Gasteiger partial charge in [-0.1, -0.05) is 22.9 Å². The highest BCUT2D eigenvalue weighted by Gasteiger charge is 2.45. The topological polar surface area (TPSA) is 101 Å². The summed E-state index contributed by atoms with van der Waals surface area (Å²) in [6.07, 6.45) is -2.18. The fourth-order valence-electron chi connectivity index (χ4n) is 3.27. The van der Waals surface area contributed by atoms with Crippen LogP contribution in [0.2, 0.25) is 5.02 Å². The quantitative estimate of drug-likeness (QED) is 0.657. The van der Waals surface area contributed by atoms with Crippen LogP contribution in [0.3, 0.4) is 0 Å². The molecule has 160 valence electrons. The molecule has 0 radical (unpaired) electrons. The fourth-order valence-corrected chi connectivity index (χ4v) is 3.48. The third-order valence-electron chi connectivity index (χ3n) is 5.01. The molecule has 0 spiro atoms. The summed E-state index contributed by atoms with van der Waals surface area (Å²) >= 11 is 6.15. The molecule has 12 heteroatoms. The van der Waals surface area contributed by atoms with Crippen LogP contribution in [0.5, 0.6) is 0 Å². The molecule has 3 aromatic rings. The van der Waals surface area contributed by atoms with E-state index < -0.39 is 23.2 Å². The van der Waals surface area contributed by atoms with E-state index in [1.807, 2.05) is 0 Å². The molecule has 4 rings (SSSR count). The average Bonchev–Trinajstić information content (AvgIpc) is 3.15. The summed E-state index contributed by atoms with van der Waals surface area (Å²) in [7, 11) is 1.38. The van der Waals surface area contributed by atoms with Crippen molar-refractivity contribution in [3.63, 3.8) is 0 Å². The predicted molar refractivity (Wildman–Crippen MR) is 103 cm³/mol. The lowest BCUT2D eigenvalue weighted by molar-refractivity contribution is -0.138. The van der Waals surface area contributed by atoms with Crippen molar-refractivity contribution in [1.29, 1.82) is 5.26 Å². The zero-order valence-electron chi connectivity index (χ0n) is 16.3. The van der Waals surface area contributed by atoms with Crippen molar-refractivity contribution in [1.82, 2.24) is 30.1 Å². The van der Waals surface area contributed by atoms with E-state index >= 15 is 0 Å². The summed E-state index contributed by atoms with van der Waals surface area (Å²) < 4.78 is 42.6. The molecule has 0 unspecified atom stereocenters. The van der Waals surface area contributed by atoms with E-state index in [4.69, 9.17) is 16.9 Å². The maximum absolute atomic E-state index is 13.5. The zero-order valence-corrected chi connectivity index (χ0v) is 17.1. The molecule has 2 heterocycles. The van der Waals surface area contributed by atoms with Crippen molar-refractivity contribution in [2.24, 2.45) is 7.05 Å². The Kier molecular flexibility index (Phi) is 4.77. The van der Waals surface area contributed by atoms with Gasteiger partial charge >= 0.3 is 6.18 Å². The number of rotatable bonds is 4. The Morgan fingerprint density at radius 3 is 2.68 bits per heavy atom. The van der Waals surface area contributed by atoms with Gasteiger partial charge in [-0.05, 0) is 31.9 Å². The second-order valence-electron chi connectivity index (χ2n) is 7.30. The molecule has 0 bridgehead atoms. The summed E-state index contributed by atoms with van der Waals surface area (Å²) in [5, 5.41) is 23.6. The van der Waals surface area contributed by atoms with Gasteiger partial charge in [0.15, 0.2) is 5.82 Å². The first kappa shape index (κ1) is 20.9. The molecule has 0 aliphatic heterocycles. The minimum atomic E-state index is -4.62. The fraction of sp³-hybridized carbons (Fsp3) is 0.316. The van der Waals surface area contributed by atoms with Gasteiger partial charge in [0.05, 0.1) is 28.5 Å². The van der Waals surface area contributed by atoms with Crippen molar-refractivity contribution < 1.29 is 18.0 Å². The molecule has 1 amide bonds. The molecular weight excluding hydrogens is 435 g/mol. The molecule has 8 nitrogen and oxygen atoms in total. The van der Waals surface area contributed by atoms with E-state index in [9.17, 15) is 18.0 Å². The number of halogens is 4.